The molecular formula is C20H28O5. The van der Waals surface area contributed by atoms with Crippen molar-refractivity contribution in [2.75, 3.05) is 0 Å². The highest BCUT2D eigenvalue weighted by Gasteiger charge is 2.64. The maximum Gasteiger partial charge on any atom is 0.302 e. The Balaban J connectivity index is 1.67. The predicted octanol–water partition coefficient (Wildman–Crippen LogP) is 2.84. The fraction of sp³-hybridized carbons (Fsp3) is 0.850. The Morgan fingerprint density at radius 1 is 1.12 bits per heavy atom. The van der Waals surface area contributed by atoms with Gasteiger partial charge in [-0.25, -0.2) is 0 Å². The summed E-state index contributed by atoms with van der Waals surface area (Å²) in [6.07, 6.45) is 4.51. The Morgan fingerprint density at radius 3 is 2.60 bits per heavy atom. The molecule has 2 heterocycles. The van der Waals surface area contributed by atoms with Gasteiger partial charge in [-0.1, -0.05) is 6.92 Å². The zero-order valence-corrected chi connectivity index (χ0v) is 15.4. The molecule has 0 aromatic rings. The van der Waals surface area contributed by atoms with Crippen LogP contribution in [0.25, 0.3) is 0 Å². The Morgan fingerprint density at radius 2 is 1.88 bits per heavy atom. The van der Waals surface area contributed by atoms with Gasteiger partial charge in [0.2, 0.25) is 0 Å². The van der Waals surface area contributed by atoms with Gasteiger partial charge < -0.3 is 9.47 Å². The van der Waals surface area contributed by atoms with Crippen LogP contribution in [0.3, 0.4) is 0 Å². The number of ketones is 2. The number of esters is 1. The van der Waals surface area contributed by atoms with Crippen molar-refractivity contribution in [2.45, 2.75) is 83.5 Å². The molecular weight excluding hydrogens is 320 g/mol. The third-order valence-corrected chi connectivity index (χ3v) is 7.56. The summed E-state index contributed by atoms with van der Waals surface area (Å²) in [6, 6.07) is 0. The van der Waals surface area contributed by atoms with E-state index < -0.39 is 5.60 Å². The Bertz CT molecular complexity index is 628. The van der Waals surface area contributed by atoms with Crippen molar-refractivity contribution in [3.05, 3.63) is 0 Å². The summed E-state index contributed by atoms with van der Waals surface area (Å²) < 4.78 is 12.1. The minimum Gasteiger partial charge on any atom is -0.462 e. The molecule has 0 N–H and O–H groups in total. The largest absolute Gasteiger partial charge is 0.462 e. The summed E-state index contributed by atoms with van der Waals surface area (Å²) in [5.74, 6) is 0.824. The quantitative estimate of drug-likeness (QED) is 0.538. The lowest BCUT2D eigenvalue weighted by Crippen LogP contribution is -2.48. The summed E-state index contributed by atoms with van der Waals surface area (Å²) in [6.45, 7) is 5.79. The average molecular weight is 348 g/mol. The zero-order valence-electron chi connectivity index (χ0n) is 15.4. The van der Waals surface area contributed by atoms with Gasteiger partial charge in [0.05, 0.1) is 18.1 Å². The van der Waals surface area contributed by atoms with Gasteiger partial charge in [0.15, 0.2) is 0 Å². The van der Waals surface area contributed by atoms with Gasteiger partial charge in [0, 0.05) is 25.2 Å². The van der Waals surface area contributed by atoms with Crippen LogP contribution in [0.1, 0.15) is 65.7 Å². The summed E-state index contributed by atoms with van der Waals surface area (Å²) >= 11 is 0. The van der Waals surface area contributed by atoms with Gasteiger partial charge in [0.25, 0.3) is 0 Å². The summed E-state index contributed by atoms with van der Waals surface area (Å²) in [5, 5.41) is 0. The molecule has 0 unspecified atom stereocenters. The van der Waals surface area contributed by atoms with E-state index in [1.54, 1.807) is 0 Å². The molecule has 138 valence electrons. The summed E-state index contributed by atoms with van der Waals surface area (Å²) in [7, 11) is 0. The van der Waals surface area contributed by atoms with Crippen molar-refractivity contribution in [3.8, 4) is 0 Å². The number of hydrogen-bond acceptors (Lipinski definition) is 5. The van der Waals surface area contributed by atoms with E-state index in [-0.39, 0.29) is 41.6 Å². The lowest BCUT2D eigenvalue weighted by Gasteiger charge is -2.48. The van der Waals surface area contributed by atoms with Crippen molar-refractivity contribution in [1.82, 2.24) is 0 Å². The van der Waals surface area contributed by atoms with Gasteiger partial charge >= 0.3 is 5.97 Å². The molecule has 5 nitrogen and oxygen atoms in total. The van der Waals surface area contributed by atoms with Crippen molar-refractivity contribution in [2.24, 2.45) is 23.2 Å². The van der Waals surface area contributed by atoms with Crippen LogP contribution in [0.15, 0.2) is 0 Å². The van der Waals surface area contributed by atoms with Gasteiger partial charge in [-0.2, -0.15) is 0 Å². The van der Waals surface area contributed by atoms with E-state index in [0.717, 1.165) is 25.7 Å². The highest BCUT2D eigenvalue weighted by Crippen LogP contribution is 2.64. The predicted molar refractivity (Wildman–Crippen MR) is 89.7 cm³/mol. The van der Waals surface area contributed by atoms with Gasteiger partial charge in [-0.15, -0.1) is 0 Å². The van der Waals surface area contributed by atoms with Crippen LogP contribution < -0.4 is 0 Å². The van der Waals surface area contributed by atoms with E-state index in [9.17, 15) is 14.4 Å². The van der Waals surface area contributed by atoms with Crippen molar-refractivity contribution in [3.63, 3.8) is 0 Å². The van der Waals surface area contributed by atoms with E-state index in [1.165, 1.54) is 6.92 Å². The Hall–Kier alpha value is -1.23. The maximum absolute atomic E-state index is 12.2. The molecule has 2 aliphatic heterocycles. The van der Waals surface area contributed by atoms with Crippen LogP contribution in [-0.4, -0.2) is 35.3 Å². The molecule has 4 fully saturated rings. The molecule has 7 atom stereocenters. The highest BCUT2D eigenvalue weighted by molar-refractivity contribution is 6.00. The molecule has 2 bridgehead atoms. The number of ether oxygens (including phenoxy) is 2. The molecule has 0 aromatic carbocycles. The van der Waals surface area contributed by atoms with Crippen molar-refractivity contribution < 1.29 is 23.9 Å². The lowest BCUT2D eigenvalue weighted by molar-refractivity contribution is -0.155. The van der Waals surface area contributed by atoms with E-state index in [2.05, 4.69) is 13.8 Å². The molecule has 0 amide bonds. The normalized spacial score (nSPS) is 49.2. The van der Waals surface area contributed by atoms with Crippen LogP contribution in [0.5, 0.6) is 0 Å². The molecule has 2 aliphatic carbocycles. The van der Waals surface area contributed by atoms with Crippen LogP contribution in [0, 0.1) is 23.2 Å². The standard InChI is InChI=1S/C20H28O5/c1-11(21)24-17-5-4-14-18-15(6-7-19(14,17)2)20(3)10-13(23)8-12(22)9-16(18)25-20/h14-18H,4-10H2,1-3H3/t14-,15-,16+,17-,18-,19-,20-/m0/s1. The summed E-state index contributed by atoms with van der Waals surface area (Å²) in [4.78, 5) is 36.0. The molecule has 25 heavy (non-hydrogen) atoms. The Kier molecular flexibility index (Phi) is 3.87. The minimum atomic E-state index is -0.437. The SMILES string of the molecule is CC(=O)O[C@H]1CC[C@H]2[C@@H]3[C@H]4CC(=O)CC(=O)C[C@](C)(O4)[C@H]3CC[C@]12C. The van der Waals surface area contributed by atoms with Crippen molar-refractivity contribution >= 4 is 17.5 Å². The first-order chi connectivity index (χ1) is 11.7. The molecule has 2 saturated carbocycles. The summed E-state index contributed by atoms with van der Waals surface area (Å²) in [5.41, 5.74) is -0.477. The molecule has 4 rings (SSSR count). The topological polar surface area (TPSA) is 69.7 Å². The molecule has 5 heteroatoms. The first-order valence-corrected chi connectivity index (χ1v) is 9.61. The fourth-order valence-electron chi connectivity index (χ4n) is 6.60. The highest BCUT2D eigenvalue weighted by atomic mass is 16.5. The second-order valence-corrected chi connectivity index (χ2v) is 9.11. The number of Topliss-reactive ketones (excluding diaryl/α,β-unsaturated/α-hetero) is 2. The van der Waals surface area contributed by atoms with Gasteiger partial charge in [0.1, 0.15) is 17.7 Å². The van der Waals surface area contributed by atoms with E-state index in [1.807, 2.05) is 0 Å². The monoisotopic (exact) mass is 348 g/mol. The first-order valence-electron chi connectivity index (χ1n) is 9.61. The molecule has 4 aliphatic rings. The molecule has 0 spiro atoms. The minimum absolute atomic E-state index is 0.0134. The lowest BCUT2D eigenvalue weighted by atomic mass is 9.56. The number of rotatable bonds is 1. The molecule has 2 saturated heterocycles. The third-order valence-electron chi connectivity index (χ3n) is 7.56. The van der Waals surface area contributed by atoms with Crippen LogP contribution in [-0.2, 0) is 23.9 Å². The van der Waals surface area contributed by atoms with E-state index in [4.69, 9.17) is 9.47 Å². The number of carbonyl (C=O) groups is 3. The first kappa shape index (κ1) is 17.2. The molecule has 0 aromatic heterocycles. The number of hydrogen-bond donors (Lipinski definition) is 0. The van der Waals surface area contributed by atoms with Crippen LogP contribution in [0.2, 0.25) is 0 Å². The average Bonchev–Trinajstić information content (AvgIpc) is 2.93. The third kappa shape index (κ3) is 2.57. The fourth-order valence-corrected chi connectivity index (χ4v) is 6.60. The smallest absolute Gasteiger partial charge is 0.302 e. The number of fused-ring (bicyclic) bond motifs is 7. The van der Waals surface area contributed by atoms with Crippen molar-refractivity contribution in [1.29, 1.82) is 0 Å². The molecule has 0 radical (unpaired) electrons. The number of carbonyl (C=O) groups excluding carboxylic acids is 3. The maximum atomic E-state index is 12.2. The van der Waals surface area contributed by atoms with E-state index >= 15 is 0 Å². The second kappa shape index (κ2) is 5.63. The van der Waals surface area contributed by atoms with E-state index in [0.29, 0.717) is 30.6 Å². The van der Waals surface area contributed by atoms with Gasteiger partial charge in [-0.3, -0.25) is 14.4 Å². The van der Waals surface area contributed by atoms with Crippen LogP contribution >= 0.6 is 0 Å². The zero-order chi connectivity index (χ0) is 18.0. The second-order valence-electron chi connectivity index (χ2n) is 9.11. The van der Waals surface area contributed by atoms with Crippen LogP contribution in [0.4, 0.5) is 0 Å². The Labute approximate surface area is 148 Å². The van der Waals surface area contributed by atoms with Gasteiger partial charge in [-0.05, 0) is 50.4 Å².